The Morgan fingerprint density at radius 3 is 2.55 bits per heavy atom. The monoisotopic (exact) mass is 466 g/mol. The van der Waals surface area contributed by atoms with E-state index < -0.39 is 36.1 Å². The van der Waals surface area contributed by atoms with Crippen LogP contribution < -0.4 is 19.7 Å². The molecule has 0 saturated carbocycles. The average Bonchev–Trinajstić information content (AvgIpc) is 3.18. The van der Waals surface area contributed by atoms with Crippen molar-refractivity contribution in [2.75, 3.05) is 37.6 Å². The molecule has 0 bridgehead atoms. The van der Waals surface area contributed by atoms with E-state index in [1.807, 2.05) is 0 Å². The minimum absolute atomic E-state index is 0.0104. The molecule has 2 aromatic rings. The van der Waals surface area contributed by atoms with E-state index in [9.17, 15) is 27.6 Å². The van der Waals surface area contributed by atoms with Gasteiger partial charge < -0.3 is 24.4 Å². The number of carbonyl (C=O) groups is 3. The molecule has 2 amide bonds. The smallest absolute Gasteiger partial charge is 0.416 e. The maximum atomic E-state index is 12.8. The molecule has 0 aromatic heterocycles. The number of amides is 2. The van der Waals surface area contributed by atoms with Crippen LogP contribution in [0.5, 0.6) is 11.5 Å². The largest absolute Gasteiger partial charge is 0.497 e. The van der Waals surface area contributed by atoms with Crippen LogP contribution in [0.15, 0.2) is 42.5 Å². The van der Waals surface area contributed by atoms with Crippen LogP contribution in [0.1, 0.15) is 12.0 Å². The topological polar surface area (TPSA) is 94.2 Å². The Labute approximate surface area is 187 Å². The number of rotatable bonds is 7. The number of hydrogen-bond donors (Lipinski definition) is 1. The molecule has 1 heterocycles. The van der Waals surface area contributed by atoms with Gasteiger partial charge in [0.1, 0.15) is 11.5 Å². The minimum Gasteiger partial charge on any atom is -0.497 e. The molecule has 2 aromatic carbocycles. The quantitative estimate of drug-likeness (QED) is 0.630. The van der Waals surface area contributed by atoms with Crippen LogP contribution in [0.3, 0.4) is 0 Å². The Bertz CT molecular complexity index is 1060. The molecule has 1 atom stereocenters. The summed E-state index contributed by atoms with van der Waals surface area (Å²) in [7, 11) is 2.92. The summed E-state index contributed by atoms with van der Waals surface area (Å²) in [6, 6.07) is 8.97. The summed E-state index contributed by atoms with van der Waals surface area (Å²) in [6.45, 7) is -0.696. The fraction of sp³-hybridized carbons (Fsp3) is 0.318. The molecule has 176 valence electrons. The predicted molar refractivity (Wildman–Crippen MR) is 111 cm³/mol. The molecule has 1 fully saturated rings. The molecule has 0 aliphatic carbocycles. The second-order valence-corrected chi connectivity index (χ2v) is 7.18. The SMILES string of the molecule is COc1ccc(OC)c(N2C[C@H](C(=O)OCC(=O)Nc3cccc(C(F)(F)F)c3)CC2=O)c1. The molecule has 0 radical (unpaired) electrons. The predicted octanol–water partition coefficient (Wildman–Crippen LogP) is 3.26. The second-order valence-electron chi connectivity index (χ2n) is 7.18. The summed E-state index contributed by atoms with van der Waals surface area (Å²) in [5.74, 6) is -1.83. The number of esters is 1. The van der Waals surface area contributed by atoms with Crippen molar-refractivity contribution in [3.8, 4) is 11.5 Å². The molecule has 8 nitrogen and oxygen atoms in total. The molecule has 1 aliphatic heterocycles. The van der Waals surface area contributed by atoms with E-state index in [2.05, 4.69) is 5.32 Å². The van der Waals surface area contributed by atoms with Crippen LogP contribution in [0.2, 0.25) is 0 Å². The number of carbonyl (C=O) groups excluding carboxylic acids is 3. The zero-order chi connectivity index (χ0) is 24.2. The van der Waals surface area contributed by atoms with Crippen LogP contribution in [0.4, 0.5) is 24.5 Å². The van der Waals surface area contributed by atoms with Gasteiger partial charge in [0.25, 0.3) is 5.91 Å². The van der Waals surface area contributed by atoms with Gasteiger partial charge in [-0.05, 0) is 30.3 Å². The van der Waals surface area contributed by atoms with Crippen molar-refractivity contribution in [1.29, 1.82) is 0 Å². The first-order chi connectivity index (χ1) is 15.6. The molecule has 0 spiro atoms. The molecular weight excluding hydrogens is 445 g/mol. The fourth-order valence-electron chi connectivity index (χ4n) is 3.33. The summed E-state index contributed by atoms with van der Waals surface area (Å²) < 4.78 is 53.8. The van der Waals surface area contributed by atoms with Crippen molar-refractivity contribution in [3.05, 3.63) is 48.0 Å². The lowest BCUT2D eigenvalue weighted by molar-refractivity contribution is -0.151. The third-order valence-corrected chi connectivity index (χ3v) is 4.95. The zero-order valence-corrected chi connectivity index (χ0v) is 17.8. The van der Waals surface area contributed by atoms with Crippen molar-refractivity contribution in [1.82, 2.24) is 0 Å². The Hall–Kier alpha value is -3.76. The Morgan fingerprint density at radius 2 is 1.88 bits per heavy atom. The van der Waals surface area contributed by atoms with Gasteiger partial charge in [0, 0.05) is 24.7 Å². The molecular formula is C22H21F3N2O6. The van der Waals surface area contributed by atoms with Crippen LogP contribution in [0.25, 0.3) is 0 Å². The summed E-state index contributed by atoms with van der Waals surface area (Å²) in [6.07, 6.45) is -4.69. The maximum absolute atomic E-state index is 12.8. The van der Waals surface area contributed by atoms with Crippen LogP contribution in [-0.4, -0.2) is 45.2 Å². The number of alkyl halides is 3. The number of methoxy groups -OCH3 is 2. The number of halogens is 3. The van der Waals surface area contributed by atoms with Crippen molar-refractivity contribution >= 4 is 29.2 Å². The van der Waals surface area contributed by atoms with E-state index in [-0.39, 0.29) is 24.6 Å². The highest BCUT2D eigenvalue weighted by Gasteiger charge is 2.37. The van der Waals surface area contributed by atoms with E-state index >= 15 is 0 Å². The number of ether oxygens (including phenoxy) is 3. The molecule has 1 aliphatic rings. The lowest BCUT2D eigenvalue weighted by atomic mass is 10.1. The van der Waals surface area contributed by atoms with Crippen molar-refractivity contribution < 1.29 is 41.8 Å². The lowest BCUT2D eigenvalue weighted by Crippen LogP contribution is -2.28. The van der Waals surface area contributed by atoms with Gasteiger partial charge in [-0.2, -0.15) is 13.2 Å². The van der Waals surface area contributed by atoms with E-state index in [0.29, 0.717) is 17.2 Å². The van der Waals surface area contributed by atoms with Crippen LogP contribution in [-0.2, 0) is 25.3 Å². The maximum Gasteiger partial charge on any atom is 0.416 e. The first-order valence-electron chi connectivity index (χ1n) is 9.78. The summed E-state index contributed by atoms with van der Waals surface area (Å²) >= 11 is 0. The van der Waals surface area contributed by atoms with Gasteiger partial charge in [0.05, 0.1) is 31.4 Å². The van der Waals surface area contributed by atoms with Gasteiger partial charge >= 0.3 is 12.1 Å². The van der Waals surface area contributed by atoms with Gasteiger partial charge in [-0.25, -0.2) is 0 Å². The number of hydrogen-bond acceptors (Lipinski definition) is 6. The molecule has 11 heteroatoms. The summed E-state index contributed by atoms with van der Waals surface area (Å²) in [5, 5.41) is 2.25. The normalized spacial score (nSPS) is 15.8. The lowest BCUT2D eigenvalue weighted by Gasteiger charge is -2.20. The van der Waals surface area contributed by atoms with Gasteiger partial charge in [-0.3, -0.25) is 14.4 Å². The number of nitrogens with zero attached hydrogens (tertiary/aromatic N) is 1. The Morgan fingerprint density at radius 1 is 1.12 bits per heavy atom. The van der Waals surface area contributed by atoms with E-state index in [4.69, 9.17) is 14.2 Å². The van der Waals surface area contributed by atoms with E-state index in [1.165, 1.54) is 25.2 Å². The Kier molecular flexibility index (Phi) is 7.10. The Balaban J connectivity index is 1.59. The van der Waals surface area contributed by atoms with Crippen LogP contribution in [0, 0.1) is 5.92 Å². The van der Waals surface area contributed by atoms with E-state index in [0.717, 1.165) is 18.2 Å². The standard InChI is InChI=1S/C22H21F3N2O6/c1-31-16-6-7-18(32-2)17(10-16)27-11-13(8-20(27)29)21(30)33-12-19(28)26-15-5-3-4-14(9-15)22(23,24)25/h3-7,9-10,13H,8,11-12H2,1-2H3,(H,26,28)/t13-/m1/s1. The van der Waals surface area contributed by atoms with E-state index in [1.54, 1.807) is 18.2 Å². The third-order valence-electron chi connectivity index (χ3n) is 4.95. The van der Waals surface area contributed by atoms with Crippen molar-refractivity contribution in [2.24, 2.45) is 5.92 Å². The van der Waals surface area contributed by atoms with Gasteiger partial charge in [0.15, 0.2) is 6.61 Å². The van der Waals surface area contributed by atoms with Gasteiger partial charge in [0.2, 0.25) is 5.91 Å². The first-order valence-corrected chi connectivity index (χ1v) is 9.78. The number of benzene rings is 2. The first kappa shape index (κ1) is 23.9. The second kappa shape index (κ2) is 9.80. The molecule has 33 heavy (non-hydrogen) atoms. The zero-order valence-electron chi connectivity index (χ0n) is 17.8. The van der Waals surface area contributed by atoms with Gasteiger partial charge in [-0.15, -0.1) is 0 Å². The van der Waals surface area contributed by atoms with Gasteiger partial charge in [-0.1, -0.05) is 6.07 Å². The van der Waals surface area contributed by atoms with Crippen molar-refractivity contribution in [3.63, 3.8) is 0 Å². The molecule has 3 rings (SSSR count). The van der Waals surface area contributed by atoms with Crippen molar-refractivity contribution in [2.45, 2.75) is 12.6 Å². The number of nitrogens with one attached hydrogen (secondary N) is 1. The molecule has 1 saturated heterocycles. The third kappa shape index (κ3) is 5.73. The molecule has 0 unspecified atom stereocenters. The van der Waals surface area contributed by atoms with Crippen LogP contribution >= 0.6 is 0 Å². The average molecular weight is 466 g/mol. The highest BCUT2D eigenvalue weighted by atomic mass is 19.4. The molecule has 1 N–H and O–H groups in total. The summed E-state index contributed by atoms with van der Waals surface area (Å²) in [5.41, 5.74) is -0.576. The fourth-order valence-corrected chi connectivity index (χ4v) is 3.33. The summed E-state index contributed by atoms with van der Waals surface area (Å²) in [4.78, 5) is 38.3. The minimum atomic E-state index is -4.56. The highest BCUT2D eigenvalue weighted by molar-refractivity contribution is 6.01. The highest BCUT2D eigenvalue weighted by Crippen LogP contribution is 2.36. The number of anilines is 2.